The summed E-state index contributed by atoms with van der Waals surface area (Å²) in [5, 5.41) is 10.6. The van der Waals surface area contributed by atoms with Crippen molar-refractivity contribution < 1.29 is 23.1 Å². The molecule has 7 heteroatoms. The number of rotatable bonds is 1. The molecule has 0 aliphatic carbocycles. The number of benzene rings is 1. The predicted molar refractivity (Wildman–Crippen MR) is 81.5 cm³/mol. The summed E-state index contributed by atoms with van der Waals surface area (Å²) in [6.07, 6.45) is -0.990. The van der Waals surface area contributed by atoms with Gasteiger partial charge in [-0.15, -0.1) is 0 Å². The van der Waals surface area contributed by atoms with Gasteiger partial charge in [0.2, 0.25) is 0 Å². The number of hydrogen-bond acceptors (Lipinski definition) is 3. The van der Waals surface area contributed by atoms with Crippen molar-refractivity contribution in [2.24, 2.45) is 5.41 Å². The molecular weight excluding hydrogens is 309 g/mol. The van der Waals surface area contributed by atoms with E-state index in [0.717, 1.165) is 0 Å². The Morgan fingerprint density at radius 3 is 2.22 bits per heavy atom. The highest BCUT2D eigenvalue weighted by molar-refractivity contribution is 5.73. The first-order valence-corrected chi connectivity index (χ1v) is 7.63. The molecule has 2 heterocycles. The minimum Gasteiger partial charge on any atom is -0.475 e. The Kier molecular flexibility index (Phi) is 5.51. The Labute approximate surface area is 133 Å². The maximum atomic E-state index is 10.6. The molecule has 0 atom stereocenters. The molecule has 4 nitrogen and oxygen atoms in total. The van der Waals surface area contributed by atoms with Gasteiger partial charge in [0.05, 0.1) is 0 Å². The van der Waals surface area contributed by atoms with Crippen LogP contribution in [0.4, 0.5) is 18.9 Å². The van der Waals surface area contributed by atoms with Crippen LogP contribution >= 0.6 is 0 Å². The van der Waals surface area contributed by atoms with E-state index in [4.69, 9.17) is 9.90 Å². The van der Waals surface area contributed by atoms with Crippen LogP contribution in [-0.4, -0.2) is 43.4 Å². The average Bonchev–Trinajstić information content (AvgIpc) is 2.92. The van der Waals surface area contributed by atoms with Gasteiger partial charge >= 0.3 is 12.1 Å². The van der Waals surface area contributed by atoms with Gasteiger partial charge in [0, 0.05) is 18.8 Å². The molecule has 3 rings (SSSR count). The van der Waals surface area contributed by atoms with Gasteiger partial charge in [0.1, 0.15) is 0 Å². The highest BCUT2D eigenvalue weighted by Crippen LogP contribution is 2.40. The molecule has 0 radical (unpaired) electrons. The van der Waals surface area contributed by atoms with Crippen LogP contribution < -0.4 is 10.2 Å². The lowest BCUT2D eigenvalue weighted by Gasteiger charge is -2.34. The summed E-state index contributed by atoms with van der Waals surface area (Å²) < 4.78 is 31.7. The molecule has 2 aliphatic heterocycles. The molecule has 23 heavy (non-hydrogen) atoms. The third-order valence-electron chi connectivity index (χ3n) is 4.47. The summed E-state index contributed by atoms with van der Waals surface area (Å²) in [6.45, 7) is 4.92. The number of piperidine rings is 1. The topological polar surface area (TPSA) is 52.6 Å². The quantitative estimate of drug-likeness (QED) is 0.831. The molecular formula is C16H21F3N2O2. The van der Waals surface area contributed by atoms with Crippen LogP contribution in [0.15, 0.2) is 30.3 Å². The number of carboxylic acids is 1. The molecule has 0 bridgehead atoms. The summed E-state index contributed by atoms with van der Waals surface area (Å²) >= 11 is 0. The lowest BCUT2D eigenvalue weighted by atomic mass is 9.78. The number of aliphatic carboxylic acids is 1. The molecule has 128 valence electrons. The Morgan fingerprint density at radius 1 is 1.13 bits per heavy atom. The van der Waals surface area contributed by atoms with Crippen LogP contribution in [0.2, 0.25) is 0 Å². The fourth-order valence-electron chi connectivity index (χ4n) is 3.16. The van der Waals surface area contributed by atoms with Crippen LogP contribution in [0.25, 0.3) is 0 Å². The van der Waals surface area contributed by atoms with Gasteiger partial charge in [-0.3, -0.25) is 0 Å². The number of halogens is 3. The van der Waals surface area contributed by atoms with Gasteiger partial charge in [-0.05, 0) is 49.9 Å². The van der Waals surface area contributed by atoms with E-state index < -0.39 is 12.1 Å². The SMILES string of the molecule is O=C(O)C(F)(F)F.c1ccc(N2CCC3(CCNCC3)C2)cc1. The first-order chi connectivity index (χ1) is 10.8. The zero-order chi connectivity index (χ0) is 16.9. The van der Waals surface area contributed by atoms with Gasteiger partial charge in [0.25, 0.3) is 0 Å². The van der Waals surface area contributed by atoms with Crippen molar-refractivity contribution in [3.05, 3.63) is 30.3 Å². The molecule has 1 spiro atoms. The van der Waals surface area contributed by atoms with Crippen molar-refractivity contribution in [3.63, 3.8) is 0 Å². The molecule has 2 saturated heterocycles. The second-order valence-corrected chi connectivity index (χ2v) is 6.06. The van der Waals surface area contributed by atoms with E-state index in [1.54, 1.807) is 0 Å². The van der Waals surface area contributed by atoms with E-state index in [1.165, 1.54) is 51.1 Å². The Balaban J connectivity index is 0.000000236. The maximum Gasteiger partial charge on any atom is 0.490 e. The number of anilines is 1. The van der Waals surface area contributed by atoms with Gasteiger partial charge < -0.3 is 15.3 Å². The fourth-order valence-corrected chi connectivity index (χ4v) is 3.16. The van der Waals surface area contributed by atoms with Crippen LogP contribution in [0.5, 0.6) is 0 Å². The third kappa shape index (κ3) is 4.86. The van der Waals surface area contributed by atoms with Crippen LogP contribution in [0, 0.1) is 5.41 Å². The summed E-state index contributed by atoms with van der Waals surface area (Å²) in [5.74, 6) is -2.76. The van der Waals surface area contributed by atoms with E-state index in [1.807, 2.05) is 0 Å². The summed E-state index contributed by atoms with van der Waals surface area (Å²) in [5.41, 5.74) is 2.01. The fraction of sp³-hybridized carbons (Fsp3) is 0.562. The van der Waals surface area contributed by atoms with Crippen LogP contribution in [-0.2, 0) is 4.79 Å². The standard InChI is InChI=1S/C14H20N2.C2HF3O2/c1-2-4-13(5-3-1)16-11-8-14(12-16)6-9-15-10-7-14;3-2(4,5)1(6)7/h1-5,15H,6-12H2;(H,6,7). The minimum atomic E-state index is -5.08. The highest BCUT2D eigenvalue weighted by Gasteiger charge is 2.39. The maximum absolute atomic E-state index is 10.6. The van der Waals surface area contributed by atoms with E-state index in [-0.39, 0.29) is 0 Å². The molecule has 1 aromatic carbocycles. The Morgan fingerprint density at radius 2 is 1.70 bits per heavy atom. The monoisotopic (exact) mass is 330 g/mol. The summed E-state index contributed by atoms with van der Waals surface area (Å²) in [6, 6.07) is 10.9. The minimum absolute atomic E-state index is 0.612. The number of carboxylic acid groups (broad SMARTS) is 1. The first kappa shape index (κ1) is 17.6. The lowest BCUT2D eigenvalue weighted by molar-refractivity contribution is -0.192. The Bertz CT molecular complexity index is 514. The van der Waals surface area contributed by atoms with Gasteiger partial charge in [-0.2, -0.15) is 13.2 Å². The average molecular weight is 330 g/mol. The number of para-hydroxylation sites is 1. The van der Waals surface area contributed by atoms with Crippen molar-refractivity contribution in [3.8, 4) is 0 Å². The number of nitrogens with zero attached hydrogens (tertiary/aromatic N) is 1. The van der Waals surface area contributed by atoms with E-state index in [9.17, 15) is 13.2 Å². The second kappa shape index (κ2) is 7.21. The zero-order valence-electron chi connectivity index (χ0n) is 12.8. The smallest absolute Gasteiger partial charge is 0.475 e. The number of carbonyl (C=O) groups is 1. The largest absolute Gasteiger partial charge is 0.490 e. The van der Waals surface area contributed by atoms with E-state index in [2.05, 4.69) is 40.5 Å². The molecule has 2 fully saturated rings. The molecule has 0 unspecified atom stereocenters. The number of alkyl halides is 3. The van der Waals surface area contributed by atoms with Crippen LogP contribution in [0.1, 0.15) is 19.3 Å². The molecule has 1 aromatic rings. The molecule has 0 amide bonds. The van der Waals surface area contributed by atoms with E-state index >= 15 is 0 Å². The predicted octanol–water partition coefficient (Wildman–Crippen LogP) is 2.90. The van der Waals surface area contributed by atoms with Gasteiger partial charge in [-0.1, -0.05) is 18.2 Å². The molecule has 2 aliphatic rings. The van der Waals surface area contributed by atoms with Crippen molar-refractivity contribution in [2.45, 2.75) is 25.4 Å². The van der Waals surface area contributed by atoms with Crippen LogP contribution in [0.3, 0.4) is 0 Å². The van der Waals surface area contributed by atoms with E-state index in [0.29, 0.717) is 5.41 Å². The van der Waals surface area contributed by atoms with Gasteiger partial charge in [-0.25, -0.2) is 4.79 Å². The zero-order valence-corrected chi connectivity index (χ0v) is 12.8. The first-order valence-electron chi connectivity index (χ1n) is 7.63. The van der Waals surface area contributed by atoms with Crippen molar-refractivity contribution in [2.75, 3.05) is 31.1 Å². The second-order valence-electron chi connectivity index (χ2n) is 6.06. The summed E-state index contributed by atoms with van der Waals surface area (Å²) in [7, 11) is 0. The highest BCUT2D eigenvalue weighted by atomic mass is 19.4. The van der Waals surface area contributed by atoms with Crippen molar-refractivity contribution in [1.29, 1.82) is 0 Å². The normalized spacial score (nSPS) is 20.0. The molecule has 0 aromatic heterocycles. The van der Waals surface area contributed by atoms with Crippen molar-refractivity contribution in [1.82, 2.24) is 5.32 Å². The third-order valence-corrected chi connectivity index (χ3v) is 4.47. The molecule has 2 N–H and O–H groups in total. The Hall–Kier alpha value is -1.76. The summed E-state index contributed by atoms with van der Waals surface area (Å²) in [4.78, 5) is 11.5. The number of nitrogens with one attached hydrogen (secondary N) is 1. The lowest BCUT2D eigenvalue weighted by Crippen LogP contribution is -2.38. The van der Waals surface area contributed by atoms with Crippen molar-refractivity contribution >= 4 is 11.7 Å². The molecule has 0 saturated carbocycles. The number of hydrogen-bond donors (Lipinski definition) is 2. The van der Waals surface area contributed by atoms with Gasteiger partial charge in [0.15, 0.2) is 0 Å².